The molecular formula is C13H18N2O3S. The number of aliphatic carboxylic acids is 1. The third-order valence-corrected chi connectivity index (χ3v) is 5.45. The van der Waals surface area contributed by atoms with Crippen molar-refractivity contribution in [3.05, 3.63) is 11.7 Å². The molecule has 6 heteroatoms. The van der Waals surface area contributed by atoms with Crippen molar-refractivity contribution in [1.82, 2.24) is 10.1 Å². The molecule has 1 saturated carbocycles. The summed E-state index contributed by atoms with van der Waals surface area (Å²) in [5, 5.41) is 13.6. The van der Waals surface area contributed by atoms with Gasteiger partial charge in [-0.3, -0.25) is 4.79 Å². The zero-order chi connectivity index (χ0) is 13.2. The molecule has 2 aliphatic rings. The van der Waals surface area contributed by atoms with Crippen LogP contribution < -0.4 is 0 Å². The minimum atomic E-state index is -0.741. The average Bonchev–Trinajstić information content (AvgIpc) is 3.08. The van der Waals surface area contributed by atoms with E-state index in [1.54, 1.807) is 0 Å². The molecule has 1 aromatic rings. The molecule has 1 aromatic heterocycles. The summed E-state index contributed by atoms with van der Waals surface area (Å²) >= 11 is 1.88. The van der Waals surface area contributed by atoms with Crippen molar-refractivity contribution >= 4 is 17.7 Å². The molecule has 3 rings (SSSR count). The smallest absolute Gasteiger partial charge is 0.307 e. The molecule has 104 valence electrons. The van der Waals surface area contributed by atoms with Gasteiger partial charge in [0.2, 0.25) is 5.89 Å². The summed E-state index contributed by atoms with van der Waals surface area (Å²) < 4.78 is 5.34. The summed E-state index contributed by atoms with van der Waals surface area (Å²) in [6.07, 6.45) is 6.05. The van der Waals surface area contributed by atoms with Crippen molar-refractivity contribution in [3.8, 4) is 0 Å². The molecule has 0 aromatic carbocycles. The van der Waals surface area contributed by atoms with E-state index in [0.29, 0.717) is 11.1 Å². The van der Waals surface area contributed by atoms with Crippen molar-refractivity contribution in [3.63, 3.8) is 0 Å². The first-order chi connectivity index (χ1) is 9.25. The number of rotatable bonds is 3. The van der Waals surface area contributed by atoms with Crippen LogP contribution in [0.1, 0.15) is 61.4 Å². The fraction of sp³-hybridized carbons (Fsp3) is 0.769. The second kappa shape index (κ2) is 5.53. The Morgan fingerprint density at radius 2 is 2.16 bits per heavy atom. The molecule has 3 atom stereocenters. The van der Waals surface area contributed by atoms with Gasteiger partial charge in [-0.05, 0) is 31.4 Å². The standard InChI is InChI=1S/C13H18N2O3S/c16-13(17)9-5-3-4-8(9)12-14-11(15-18-12)10-6-1-2-7-19-10/h8-10H,1-7H2,(H,16,17). The Balaban J connectivity index is 1.75. The van der Waals surface area contributed by atoms with Crippen LogP contribution in [-0.2, 0) is 4.79 Å². The van der Waals surface area contributed by atoms with Crippen LogP contribution in [0.25, 0.3) is 0 Å². The van der Waals surface area contributed by atoms with Gasteiger partial charge in [-0.25, -0.2) is 0 Å². The normalized spacial score (nSPS) is 31.5. The van der Waals surface area contributed by atoms with E-state index in [2.05, 4.69) is 10.1 Å². The highest BCUT2D eigenvalue weighted by Gasteiger charge is 2.38. The Hall–Kier alpha value is -1.04. The average molecular weight is 282 g/mol. The number of aromatic nitrogens is 2. The van der Waals surface area contributed by atoms with Crippen molar-refractivity contribution < 1.29 is 14.4 Å². The van der Waals surface area contributed by atoms with Gasteiger partial charge in [0.25, 0.3) is 0 Å². The quantitative estimate of drug-likeness (QED) is 0.918. The van der Waals surface area contributed by atoms with Crippen molar-refractivity contribution in [2.75, 3.05) is 5.75 Å². The fourth-order valence-electron chi connectivity index (χ4n) is 3.02. The summed E-state index contributed by atoms with van der Waals surface area (Å²) in [6, 6.07) is 0. The van der Waals surface area contributed by atoms with Gasteiger partial charge in [-0.1, -0.05) is 18.0 Å². The fourth-order valence-corrected chi connectivity index (χ4v) is 4.26. The van der Waals surface area contributed by atoms with Gasteiger partial charge in [0.05, 0.1) is 17.1 Å². The summed E-state index contributed by atoms with van der Waals surface area (Å²) in [4.78, 5) is 15.7. The predicted octanol–water partition coefficient (Wildman–Crippen LogP) is 3.00. The second-order valence-electron chi connectivity index (χ2n) is 5.33. The maximum absolute atomic E-state index is 11.2. The van der Waals surface area contributed by atoms with Crippen LogP contribution in [0, 0.1) is 5.92 Å². The lowest BCUT2D eigenvalue weighted by atomic mass is 9.96. The molecule has 0 bridgehead atoms. The van der Waals surface area contributed by atoms with Crippen molar-refractivity contribution in [2.45, 2.75) is 49.7 Å². The third kappa shape index (κ3) is 2.63. The van der Waals surface area contributed by atoms with Gasteiger partial charge in [-0.2, -0.15) is 16.7 Å². The van der Waals surface area contributed by atoms with Crippen molar-refractivity contribution in [2.24, 2.45) is 5.92 Å². The van der Waals surface area contributed by atoms with Crippen LogP contribution in [0.2, 0.25) is 0 Å². The zero-order valence-corrected chi connectivity index (χ0v) is 11.6. The second-order valence-corrected chi connectivity index (χ2v) is 6.64. The molecule has 3 unspecified atom stereocenters. The van der Waals surface area contributed by atoms with E-state index in [0.717, 1.165) is 37.3 Å². The minimum Gasteiger partial charge on any atom is -0.481 e. The highest BCUT2D eigenvalue weighted by Crippen LogP contribution is 2.41. The first-order valence-corrected chi connectivity index (χ1v) is 7.98. The molecule has 19 heavy (non-hydrogen) atoms. The van der Waals surface area contributed by atoms with Crippen LogP contribution in [0.5, 0.6) is 0 Å². The third-order valence-electron chi connectivity index (χ3n) is 4.08. The number of nitrogens with zero attached hydrogens (tertiary/aromatic N) is 2. The molecule has 5 nitrogen and oxygen atoms in total. The summed E-state index contributed by atoms with van der Waals surface area (Å²) in [6.45, 7) is 0. The lowest BCUT2D eigenvalue weighted by Crippen LogP contribution is -2.17. The number of thioether (sulfide) groups is 1. The molecule has 1 saturated heterocycles. The van der Waals surface area contributed by atoms with E-state index in [-0.39, 0.29) is 11.8 Å². The molecule has 0 radical (unpaired) electrons. The van der Waals surface area contributed by atoms with E-state index in [4.69, 9.17) is 4.52 Å². The Bertz CT molecular complexity index is 456. The monoisotopic (exact) mass is 282 g/mol. The molecular weight excluding hydrogens is 264 g/mol. The topological polar surface area (TPSA) is 76.2 Å². The number of hydrogen-bond acceptors (Lipinski definition) is 5. The van der Waals surface area contributed by atoms with Gasteiger partial charge >= 0.3 is 5.97 Å². The number of carboxylic acid groups (broad SMARTS) is 1. The van der Waals surface area contributed by atoms with Crippen LogP contribution in [0.3, 0.4) is 0 Å². The van der Waals surface area contributed by atoms with E-state index in [1.165, 1.54) is 12.8 Å². The summed E-state index contributed by atoms with van der Waals surface area (Å²) in [7, 11) is 0. The SMILES string of the molecule is O=C(O)C1CCCC1c1nc(C2CCCCS2)no1. The van der Waals surface area contributed by atoms with E-state index >= 15 is 0 Å². The molecule has 1 aliphatic heterocycles. The van der Waals surface area contributed by atoms with Gasteiger partial charge < -0.3 is 9.63 Å². The van der Waals surface area contributed by atoms with Crippen LogP contribution in [0.4, 0.5) is 0 Å². The molecule has 0 amide bonds. The van der Waals surface area contributed by atoms with E-state index in [9.17, 15) is 9.90 Å². The maximum atomic E-state index is 11.2. The Kier molecular flexibility index (Phi) is 3.77. The number of carbonyl (C=O) groups is 1. The Morgan fingerprint density at radius 1 is 1.26 bits per heavy atom. The molecule has 1 aliphatic carbocycles. The number of carboxylic acids is 1. The van der Waals surface area contributed by atoms with Crippen molar-refractivity contribution in [1.29, 1.82) is 0 Å². The van der Waals surface area contributed by atoms with Gasteiger partial charge in [0.15, 0.2) is 5.82 Å². The first-order valence-electron chi connectivity index (χ1n) is 6.93. The Morgan fingerprint density at radius 3 is 2.89 bits per heavy atom. The summed E-state index contributed by atoms with van der Waals surface area (Å²) in [5.74, 6) is 1.26. The van der Waals surface area contributed by atoms with Crippen LogP contribution in [-0.4, -0.2) is 27.0 Å². The van der Waals surface area contributed by atoms with Crippen LogP contribution >= 0.6 is 11.8 Å². The summed E-state index contributed by atoms with van der Waals surface area (Å²) in [5.41, 5.74) is 0. The maximum Gasteiger partial charge on any atom is 0.307 e. The molecule has 0 spiro atoms. The zero-order valence-electron chi connectivity index (χ0n) is 10.7. The van der Waals surface area contributed by atoms with Crippen LogP contribution in [0.15, 0.2) is 4.52 Å². The Labute approximate surface area is 116 Å². The lowest BCUT2D eigenvalue weighted by Gasteiger charge is -2.17. The largest absolute Gasteiger partial charge is 0.481 e. The van der Waals surface area contributed by atoms with Gasteiger partial charge in [-0.15, -0.1) is 0 Å². The predicted molar refractivity (Wildman–Crippen MR) is 71.1 cm³/mol. The number of hydrogen-bond donors (Lipinski definition) is 1. The van der Waals surface area contributed by atoms with Gasteiger partial charge in [0.1, 0.15) is 0 Å². The first kappa shape index (κ1) is 13.0. The highest BCUT2D eigenvalue weighted by molar-refractivity contribution is 7.99. The molecule has 2 heterocycles. The van der Waals surface area contributed by atoms with Gasteiger partial charge in [0, 0.05) is 0 Å². The lowest BCUT2D eigenvalue weighted by molar-refractivity contribution is -0.142. The van der Waals surface area contributed by atoms with E-state index < -0.39 is 5.97 Å². The minimum absolute atomic E-state index is 0.0904. The molecule has 2 fully saturated rings. The highest BCUT2D eigenvalue weighted by atomic mass is 32.2. The molecule has 1 N–H and O–H groups in total. The van der Waals surface area contributed by atoms with E-state index in [1.807, 2.05) is 11.8 Å².